The summed E-state index contributed by atoms with van der Waals surface area (Å²) in [5, 5.41) is 7.14. The highest BCUT2D eigenvalue weighted by molar-refractivity contribution is 5.96. The second-order valence-corrected chi connectivity index (χ2v) is 7.14. The third-order valence-electron chi connectivity index (χ3n) is 5.09. The summed E-state index contributed by atoms with van der Waals surface area (Å²) in [7, 11) is 0. The average molecular weight is 425 g/mol. The number of likely N-dealkylation sites (N-methyl/N-ethyl adjacent to an activating group) is 1. The van der Waals surface area contributed by atoms with Gasteiger partial charge in [0, 0.05) is 30.6 Å². The smallest absolute Gasteiger partial charge is 0.349 e. The molecule has 9 nitrogen and oxygen atoms in total. The molecule has 9 heteroatoms. The number of anilines is 1. The zero-order valence-corrected chi connectivity index (χ0v) is 17.8. The number of fused-ring (bicyclic) bond motifs is 1. The van der Waals surface area contributed by atoms with Crippen molar-refractivity contribution in [3.05, 3.63) is 48.3 Å². The van der Waals surface area contributed by atoms with Gasteiger partial charge in [-0.2, -0.15) is 0 Å². The molecule has 2 heterocycles. The van der Waals surface area contributed by atoms with Crippen LogP contribution >= 0.6 is 0 Å². The van der Waals surface area contributed by atoms with Gasteiger partial charge in [-0.1, -0.05) is 26.5 Å². The molecule has 0 bridgehead atoms. The number of benzene rings is 1. The minimum absolute atomic E-state index is 0.227. The van der Waals surface area contributed by atoms with Crippen molar-refractivity contribution in [1.29, 1.82) is 0 Å². The first kappa shape index (κ1) is 22.2. The second-order valence-electron chi connectivity index (χ2n) is 7.14. The number of amides is 3. The molecule has 2 N–H and O–H groups in total. The fraction of sp³-hybridized carbons (Fsp3) is 0.364. The summed E-state index contributed by atoms with van der Waals surface area (Å²) in [5.74, 6) is -0.527. The molecule has 0 unspecified atom stereocenters. The van der Waals surface area contributed by atoms with Gasteiger partial charge in [0.25, 0.3) is 11.8 Å². The molecular formula is C22H27N5O4. The van der Waals surface area contributed by atoms with E-state index < -0.39 is 6.09 Å². The van der Waals surface area contributed by atoms with E-state index in [9.17, 15) is 14.4 Å². The number of allylic oxidation sites excluding steroid dienone is 1. The minimum atomic E-state index is -0.784. The van der Waals surface area contributed by atoms with Crippen LogP contribution in [-0.2, 0) is 9.63 Å². The summed E-state index contributed by atoms with van der Waals surface area (Å²) >= 11 is 0. The van der Waals surface area contributed by atoms with Crippen molar-refractivity contribution in [1.82, 2.24) is 20.3 Å². The van der Waals surface area contributed by atoms with E-state index >= 15 is 0 Å². The Hall–Kier alpha value is -3.46. The fourth-order valence-corrected chi connectivity index (χ4v) is 3.26. The van der Waals surface area contributed by atoms with Crippen LogP contribution in [0.4, 0.5) is 10.5 Å². The maximum atomic E-state index is 12.4. The second kappa shape index (κ2) is 10.0. The molecule has 0 atom stereocenters. The van der Waals surface area contributed by atoms with Crippen LogP contribution in [0.5, 0.6) is 0 Å². The molecule has 1 fully saturated rings. The lowest BCUT2D eigenvalue weighted by Crippen LogP contribution is -2.35. The number of carbonyl (C=O) groups excluding carboxylic acids is 3. The van der Waals surface area contributed by atoms with E-state index in [1.807, 2.05) is 0 Å². The molecule has 31 heavy (non-hydrogen) atoms. The average Bonchev–Trinajstić information content (AvgIpc) is 3.08. The first-order chi connectivity index (χ1) is 14.9. The Bertz CT molecular complexity index is 987. The first-order valence-corrected chi connectivity index (χ1v) is 10.3. The Kier molecular flexibility index (Phi) is 7.19. The van der Waals surface area contributed by atoms with Crippen LogP contribution in [-0.4, -0.2) is 59.0 Å². The third-order valence-corrected chi connectivity index (χ3v) is 5.09. The zero-order valence-electron chi connectivity index (χ0n) is 17.8. The van der Waals surface area contributed by atoms with Gasteiger partial charge in [-0.15, -0.1) is 5.06 Å². The lowest BCUT2D eigenvalue weighted by Gasteiger charge is -2.17. The number of carbonyl (C=O) groups is 3. The molecule has 1 aromatic heterocycles. The highest BCUT2D eigenvalue weighted by Gasteiger charge is 2.28. The predicted molar refractivity (Wildman–Crippen MR) is 117 cm³/mol. The standard InChI is InChI=1S/C22H27N5O4/c1-4-26(5-2)13-12-23-21(29)19-9-7-16-14-17(8-10-18(16)25-19)24-22(30)31-27-15(3)6-11-20(27)28/h7-10,14H,3-6,11-13H2,1-2H3,(H,23,29)(H,24,30). The molecule has 1 aromatic carbocycles. The molecule has 0 saturated carbocycles. The Labute approximate surface area is 181 Å². The quantitative estimate of drug-likeness (QED) is 0.674. The van der Waals surface area contributed by atoms with Crippen molar-refractivity contribution in [2.75, 3.05) is 31.5 Å². The SMILES string of the molecule is C=C1CCC(=O)N1OC(=O)Nc1ccc2nc(C(=O)NCCN(CC)CC)ccc2c1. The maximum absolute atomic E-state index is 12.4. The van der Waals surface area contributed by atoms with Crippen LogP contribution in [0.2, 0.25) is 0 Å². The van der Waals surface area contributed by atoms with Crippen molar-refractivity contribution < 1.29 is 19.2 Å². The maximum Gasteiger partial charge on any atom is 0.436 e. The van der Waals surface area contributed by atoms with Gasteiger partial charge in [0.05, 0.1) is 11.2 Å². The highest BCUT2D eigenvalue weighted by atomic mass is 16.7. The summed E-state index contributed by atoms with van der Waals surface area (Å²) < 4.78 is 0. The van der Waals surface area contributed by atoms with Gasteiger partial charge in [-0.05, 0) is 43.8 Å². The molecule has 0 spiro atoms. The van der Waals surface area contributed by atoms with Gasteiger partial charge in [-0.25, -0.2) is 9.78 Å². The number of hydrogen-bond donors (Lipinski definition) is 2. The van der Waals surface area contributed by atoms with Crippen molar-refractivity contribution in [3.63, 3.8) is 0 Å². The summed E-state index contributed by atoms with van der Waals surface area (Å²) in [5.41, 5.74) is 1.88. The Morgan fingerprint density at radius 3 is 2.65 bits per heavy atom. The van der Waals surface area contributed by atoms with Crippen LogP contribution in [0.3, 0.4) is 0 Å². The van der Waals surface area contributed by atoms with Crippen LogP contribution in [0.1, 0.15) is 37.2 Å². The summed E-state index contributed by atoms with van der Waals surface area (Å²) in [6.45, 7) is 11.1. The molecule has 3 rings (SSSR count). The largest absolute Gasteiger partial charge is 0.436 e. The van der Waals surface area contributed by atoms with Crippen LogP contribution in [0.15, 0.2) is 42.6 Å². The van der Waals surface area contributed by atoms with Crippen LogP contribution in [0.25, 0.3) is 10.9 Å². The molecule has 1 aliphatic heterocycles. The number of nitrogens with zero attached hydrogens (tertiary/aromatic N) is 3. The Balaban J connectivity index is 1.60. The molecule has 0 radical (unpaired) electrons. The number of pyridine rings is 1. The number of hydrogen-bond acceptors (Lipinski definition) is 6. The van der Waals surface area contributed by atoms with E-state index in [1.54, 1.807) is 30.3 Å². The van der Waals surface area contributed by atoms with Crippen LogP contribution in [0, 0.1) is 0 Å². The van der Waals surface area contributed by atoms with Gasteiger partial charge < -0.3 is 15.1 Å². The van der Waals surface area contributed by atoms with Gasteiger partial charge in [0.15, 0.2) is 0 Å². The Morgan fingerprint density at radius 1 is 1.19 bits per heavy atom. The Morgan fingerprint density at radius 2 is 1.97 bits per heavy atom. The number of nitrogens with one attached hydrogen (secondary N) is 2. The number of hydroxylamine groups is 2. The van der Waals surface area contributed by atoms with Crippen molar-refractivity contribution in [2.45, 2.75) is 26.7 Å². The van der Waals surface area contributed by atoms with Gasteiger partial charge in [0.2, 0.25) is 0 Å². The molecule has 164 valence electrons. The molecular weight excluding hydrogens is 398 g/mol. The van der Waals surface area contributed by atoms with E-state index in [-0.39, 0.29) is 18.2 Å². The third kappa shape index (κ3) is 5.58. The summed E-state index contributed by atoms with van der Waals surface area (Å²) in [6.07, 6.45) is -0.0361. The van der Waals surface area contributed by atoms with Crippen molar-refractivity contribution in [2.24, 2.45) is 0 Å². The van der Waals surface area contributed by atoms with Gasteiger partial charge in [0.1, 0.15) is 5.69 Å². The number of aromatic nitrogens is 1. The van der Waals surface area contributed by atoms with Crippen LogP contribution < -0.4 is 10.6 Å². The summed E-state index contributed by atoms with van der Waals surface area (Å²) in [6, 6.07) is 8.48. The zero-order chi connectivity index (χ0) is 22.4. The normalized spacial score (nSPS) is 13.7. The van der Waals surface area contributed by atoms with Gasteiger partial charge >= 0.3 is 6.09 Å². The number of rotatable bonds is 8. The predicted octanol–water partition coefficient (Wildman–Crippen LogP) is 2.91. The first-order valence-electron chi connectivity index (χ1n) is 10.3. The lowest BCUT2D eigenvalue weighted by atomic mass is 10.1. The van der Waals surface area contributed by atoms with Crippen molar-refractivity contribution in [3.8, 4) is 0 Å². The topological polar surface area (TPSA) is 104 Å². The van der Waals surface area contributed by atoms with E-state index in [0.29, 0.717) is 35.6 Å². The lowest BCUT2D eigenvalue weighted by molar-refractivity contribution is -0.151. The monoisotopic (exact) mass is 425 g/mol. The molecule has 3 amide bonds. The molecule has 0 aliphatic carbocycles. The summed E-state index contributed by atoms with van der Waals surface area (Å²) in [4.78, 5) is 47.8. The van der Waals surface area contributed by atoms with Gasteiger partial charge in [-0.3, -0.25) is 14.9 Å². The molecule has 2 aromatic rings. The van der Waals surface area contributed by atoms with E-state index in [1.165, 1.54) is 0 Å². The van der Waals surface area contributed by atoms with Crippen molar-refractivity contribution >= 4 is 34.5 Å². The molecule has 1 saturated heterocycles. The van der Waals surface area contributed by atoms with E-state index in [2.05, 4.69) is 40.9 Å². The van der Waals surface area contributed by atoms with E-state index in [4.69, 9.17) is 4.84 Å². The fourth-order valence-electron chi connectivity index (χ4n) is 3.26. The molecule has 1 aliphatic rings. The minimum Gasteiger partial charge on any atom is -0.349 e. The van der Waals surface area contributed by atoms with E-state index in [0.717, 1.165) is 30.1 Å². The highest BCUT2D eigenvalue weighted by Crippen LogP contribution is 2.22.